The molecule has 204 valence electrons. The maximum Gasteiger partial charge on any atom is 0.335 e. The summed E-state index contributed by atoms with van der Waals surface area (Å²) in [6, 6.07) is 0.951. The Morgan fingerprint density at radius 1 is 1.34 bits per heavy atom. The minimum atomic E-state index is -1.76. The number of aldehydes is 1. The number of nitrogens with zero attached hydrogens (tertiary/aromatic N) is 3. The molecule has 0 radical (unpaired) electrons. The van der Waals surface area contributed by atoms with Crippen LogP contribution in [0.15, 0.2) is 10.6 Å². The Morgan fingerprint density at radius 2 is 2.16 bits per heavy atom. The molecule has 2 aromatic rings. The van der Waals surface area contributed by atoms with E-state index in [0.29, 0.717) is 53.8 Å². The van der Waals surface area contributed by atoms with Gasteiger partial charge in [-0.1, -0.05) is 16.8 Å². The summed E-state index contributed by atoms with van der Waals surface area (Å²) in [6.07, 6.45) is 0.475. The zero-order valence-corrected chi connectivity index (χ0v) is 21.6. The summed E-state index contributed by atoms with van der Waals surface area (Å²) in [5, 5.41) is 7.41. The van der Waals surface area contributed by atoms with Crippen LogP contribution in [-0.2, 0) is 25.5 Å². The van der Waals surface area contributed by atoms with Crippen LogP contribution in [0, 0.1) is 5.41 Å². The third kappa shape index (κ3) is 3.31. The number of rotatable bonds is 5. The Bertz CT molecular complexity index is 1330. The number of hydrogen-bond donors (Lipinski definition) is 3. The first kappa shape index (κ1) is 25.3. The topological polar surface area (TPSA) is 138 Å². The minimum Gasteiger partial charge on any atom is -0.370 e. The lowest BCUT2D eigenvalue weighted by molar-refractivity contribution is -0.160. The van der Waals surface area contributed by atoms with E-state index in [1.54, 1.807) is 6.92 Å². The van der Waals surface area contributed by atoms with Crippen molar-refractivity contribution in [1.29, 1.82) is 0 Å². The number of halogens is 2. The highest BCUT2D eigenvalue weighted by molar-refractivity contribution is 6.38. The summed E-state index contributed by atoms with van der Waals surface area (Å²) in [4.78, 5) is 42.6. The number of urea groups is 1. The van der Waals surface area contributed by atoms with Crippen molar-refractivity contribution in [3.05, 3.63) is 16.7 Å². The number of ether oxygens (including phenoxy) is 2. The van der Waals surface area contributed by atoms with Gasteiger partial charge < -0.3 is 28.6 Å². The van der Waals surface area contributed by atoms with Gasteiger partial charge in [0.2, 0.25) is 5.91 Å². The molecule has 38 heavy (non-hydrogen) atoms. The second kappa shape index (κ2) is 9.04. The first-order valence-corrected chi connectivity index (χ1v) is 12.9. The number of fused-ring (bicyclic) bond motifs is 3. The zero-order valence-electron chi connectivity index (χ0n) is 20.9. The van der Waals surface area contributed by atoms with Crippen LogP contribution in [0.3, 0.4) is 0 Å². The van der Waals surface area contributed by atoms with Crippen LogP contribution in [0.4, 0.5) is 20.7 Å². The molecule has 1 aromatic carbocycles. The molecule has 1 unspecified atom stereocenters. The van der Waals surface area contributed by atoms with Crippen LogP contribution in [0.5, 0.6) is 0 Å². The molecular formula is C24H28ClFN6O6. The van der Waals surface area contributed by atoms with Crippen molar-refractivity contribution in [2.24, 2.45) is 5.41 Å². The fraction of sp³-hybridized carbons (Fsp3) is 0.583. The lowest BCUT2D eigenvalue weighted by Gasteiger charge is -2.61. The van der Waals surface area contributed by atoms with Crippen molar-refractivity contribution in [2.75, 3.05) is 36.4 Å². The molecule has 4 aliphatic rings. The molecule has 1 spiro atoms. The SMILES string of the molecule is C[C@@H]1CN2c3c(cc4c(N5COC[C@@H]5CCCF)noc4c3Cl)CC3(C=O)C(=O)NC(=O)NN[C@]23[C@H](C)O1. The summed E-state index contributed by atoms with van der Waals surface area (Å²) >= 11 is 7.02. The van der Waals surface area contributed by atoms with Gasteiger partial charge in [-0.15, -0.1) is 0 Å². The fourth-order valence-electron chi connectivity index (χ4n) is 6.50. The normalized spacial score (nSPS) is 32.8. The summed E-state index contributed by atoms with van der Waals surface area (Å²) in [6.45, 7) is 4.14. The van der Waals surface area contributed by atoms with Crippen molar-refractivity contribution in [1.82, 2.24) is 21.3 Å². The Balaban J connectivity index is 1.55. The molecule has 3 fully saturated rings. The number of hydrazine groups is 1. The van der Waals surface area contributed by atoms with Crippen molar-refractivity contribution < 1.29 is 32.8 Å². The number of alkyl halides is 1. The third-order valence-corrected chi connectivity index (χ3v) is 8.52. The zero-order chi connectivity index (χ0) is 26.8. The molecule has 1 aromatic heterocycles. The molecule has 0 saturated carbocycles. The van der Waals surface area contributed by atoms with Crippen molar-refractivity contribution in [3.63, 3.8) is 0 Å². The predicted molar refractivity (Wildman–Crippen MR) is 133 cm³/mol. The smallest absolute Gasteiger partial charge is 0.335 e. The average molecular weight is 551 g/mol. The number of morpholine rings is 1. The number of carbonyl (C=O) groups excluding carboxylic acids is 3. The highest BCUT2D eigenvalue weighted by Gasteiger charge is 2.69. The lowest BCUT2D eigenvalue weighted by Crippen LogP contribution is -2.82. The highest BCUT2D eigenvalue weighted by Crippen LogP contribution is 2.54. The monoisotopic (exact) mass is 550 g/mol. The van der Waals surface area contributed by atoms with Gasteiger partial charge in [0.05, 0.1) is 42.6 Å². The van der Waals surface area contributed by atoms with Gasteiger partial charge in [-0.25, -0.2) is 10.2 Å². The van der Waals surface area contributed by atoms with E-state index in [0.717, 1.165) is 0 Å². The first-order valence-electron chi connectivity index (χ1n) is 12.6. The van der Waals surface area contributed by atoms with Crippen LogP contribution in [0.25, 0.3) is 11.0 Å². The van der Waals surface area contributed by atoms with E-state index >= 15 is 0 Å². The molecule has 12 nitrogen and oxygen atoms in total. The molecule has 3 saturated heterocycles. The molecule has 0 bridgehead atoms. The number of nitrogens with one attached hydrogen (secondary N) is 3. The standard InChI is InChI=1S/C24H28ClFN6O6/c1-12-8-32-18-14(7-23(10-33)21(34)27-22(35)28-30-24(23,32)13(2)37-12)6-16-19(17(18)25)38-29-20(16)31-11-36-9-15(31)4-3-5-26/h6,10,12-13,15,30H,3-5,7-9,11H2,1-2H3,(H2,27,28,34,35)/t12-,13+,15+,23?,24-/m1/s1. The summed E-state index contributed by atoms with van der Waals surface area (Å²) in [7, 11) is 0. The van der Waals surface area contributed by atoms with Gasteiger partial charge in [0.15, 0.2) is 17.1 Å². The van der Waals surface area contributed by atoms with Gasteiger partial charge in [-0.05, 0) is 44.7 Å². The van der Waals surface area contributed by atoms with E-state index in [1.165, 1.54) is 0 Å². The quantitative estimate of drug-likeness (QED) is 0.373. The van der Waals surface area contributed by atoms with Crippen LogP contribution in [-0.4, -0.2) is 73.9 Å². The molecule has 14 heteroatoms. The maximum absolute atomic E-state index is 13.6. The average Bonchev–Trinajstić information content (AvgIpc) is 3.49. The molecule has 3 N–H and O–H groups in total. The van der Waals surface area contributed by atoms with E-state index in [4.69, 9.17) is 25.6 Å². The number of benzene rings is 1. The number of imide groups is 1. The van der Waals surface area contributed by atoms with Crippen LogP contribution in [0.2, 0.25) is 5.02 Å². The van der Waals surface area contributed by atoms with Gasteiger partial charge in [-0.3, -0.25) is 19.9 Å². The van der Waals surface area contributed by atoms with Crippen LogP contribution >= 0.6 is 11.6 Å². The number of hydrogen-bond acceptors (Lipinski definition) is 10. The van der Waals surface area contributed by atoms with Crippen LogP contribution < -0.4 is 26.0 Å². The molecule has 3 amide bonds. The number of carbonyl (C=O) groups is 3. The van der Waals surface area contributed by atoms with Crippen molar-refractivity contribution in [2.45, 2.75) is 57.0 Å². The fourth-order valence-corrected chi connectivity index (χ4v) is 6.86. The van der Waals surface area contributed by atoms with Gasteiger partial charge >= 0.3 is 6.03 Å². The molecular weight excluding hydrogens is 523 g/mol. The van der Waals surface area contributed by atoms with E-state index in [9.17, 15) is 18.8 Å². The minimum absolute atomic E-state index is 0.0692. The summed E-state index contributed by atoms with van der Waals surface area (Å²) < 4.78 is 30.4. The van der Waals surface area contributed by atoms with E-state index < -0.39 is 35.8 Å². The Morgan fingerprint density at radius 3 is 2.92 bits per heavy atom. The second-order valence-corrected chi connectivity index (χ2v) is 10.7. The van der Waals surface area contributed by atoms with E-state index in [-0.39, 0.29) is 36.9 Å². The summed E-state index contributed by atoms with van der Waals surface area (Å²) in [5.74, 6) is -0.260. The largest absolute Gasteiger partial charge is 0.370 e. The van der Waals surface area contributed by atoms with Gasteiger partial charge in [0, 0.05) is 6.54 Å². The van der Waals surface area contributed by atoms with E-state index in [1.807, 2.05) is 22.8 Å². The summed E-state index contributed by atoms with van der Waals surface area (Å²) in [5.41, 5.74) is 3.72. The van der Waals surface area contributed by atoms with Crippen molar-refractivity contribution >= 4 is 52.3 Å². The van der Waals surface area contributed by atoms with Crippen molar-refractivity contribution in [3.8, 4) is 0 Å². The maximum atomic E-state index is 13.6. The Hall–Kier alpha value is -3.00. The Labute approximate surface area is 222 Å². The van der Waals surface area contributed by atoms with Gasteiger partial charge in [0.1, 0.15) is 23.5 Å². The molecule has 0 aliphatic carbocycles. The predicted octanol–water partition coefficient (Wildman–Crippen LogP) is 1.79. The third-order valence-electron chi connectivity index (χ3n) is 8.17. The molecule has 5 atom stereocenters. The van der Waals surface area contributed by atoms with Gasteiger partial charge in [-0.2, -0.15) is 0 Å². The molecule has 4 aliphatic heterocycles. The van der Waals surface area contributed by atoms with Gasteiger partial charge in [0.25, 0.3) is 0 Å². The first-order chi connectivity index (χ1) is 18.3. The Kier molecular flexibility index (Phi) is 6.02. The molecule has 6 rings (SSSR count). The highest BCUT2D eigenvalue weighted by atomic mass is 35.5. The lowest BCUT2D eigenvalue weighted by atomic mass is 9.64. The second-order valence-electron chi connectivity index (χ2n) is 10.3. The number of aromatic nitrogens is 1. The molecule has 5 heterocycles. The van der Waals surface area contributed by atoms with Crippen LogP contribution in [0.1, 0.15) is 32.3 Å². The number of anilines is 2. The van der Waals surface area contributed by atoms with E-state index in [2.05, 4.69) is 21.3 Å². The number of amides is 3.